The van der Waals surface area contributed by atoms with Crippen LogP contribution in [0.15, 0.2) is 122 Å². The summed E-state index contributed by atoms with van der Waals surface area (Å²) in [6, 6.07) is 0. The van der Waals surface area contributed by atoms with Crippen LogP contribution in [0.3, 0.4) is 0 Å². The molecule has 0 amide bonds. The molecule has 19 heteroatoms. The Morgan fingerprint density at radius 1 is 0.290 bits per heavy atom. The molecule has 100 heavy (non-hydrogen) atoms. The maximum Gasteiger partial charge on any atom is 0.472 e. The zero-order valence-electron chi connectivity index (χ0n) is 62.6. The minimum absolute atomic E-state index is 0.0691. The summed E-state index contributed by atoms with van der Waals surface area (Å²) in [5.41, 5.74) is 0. The Kier molecular flexibility index (Phi) is 69.5. The smallest absolute Gasteiger partial charge is 0.462 e. The van der Waals surface area contributed by atoms with Crippen LogP contribution in [0.2, 0.25) is 0 Å². The number of esters is 4. The summed E-state index contributed by atoms with van der Waals surface area (Å²) in [5.74, 6) is -2.23. The van der Waals surface area contributed by atoms with Crippen LogP contribution in [0.1, 0.15) is 310 Å². The first-order chi connectivity index (χ1) is 48.7. The van der Waals surface area contributed by atoms with Crippen molar-refractivity contribution in [3.8, 4) is 0 Å². The summed E-state index contributed by atoms with van der Waals surface area (Å²) in [6.45, 7) is 4.53. The molecular formula is C81H138O17P2. The predicted molar refractivity (Wildman–Crippen MR) is 408 cm³/mol. The molecule has 5 atom stereocenters. The maximum atomic E-state index is 13.1. The number of aliphatic hydroxyl groups is 1. The third-order valence-electron chi connectivity index (χ3n) is 15.9. The Labute approximate surface area is 606 Å². The normalized spacial score (nSPS) is 14.6. The third-order valence-corrected chi connectivity index (χ3v) is 17.8. The van der Waals surface area contributed by atoms with Gasteiger partial charge in [0.05, 0.1) is 26.4 Å². The number of ether oxygens (including phenoxy) is 4. The van der Waals surface area contributed by atoms with Gasteiger partial charge < -0.3 is 33.8 Å². The third kappa shape index (κ3) is 71.8. The van der Waals surface area contributed by atoms with E-state index >= 15 is 0 Å². The van der Waals surface area contributed by atoms with Crippen LogP contribution in [0.4, 0.5) is 0 Å². The molecular weight excluding hydrogens is 1310 g/mol. The summed E-state index contributed by atoms with van der Waals surface area (Å²) >= 11 is 0. The minimum Gasteiger partial charge on any atom is -0.462 e. The van der Waals surface area contributed by atoms with E-state index in [4.69, 9.17) is 37.0 Å². The fourth-order valence-electron chi connectivity index (χ4n) is 10.0. The molecule has 0 aromatic carbocycles. The monoisotopic (exact) mass is 1440 g/mol. The van der Waals surface area contributed by atoms with E-state index < -0.39 is 97.5 Å². The molecule has 0 aromatic rings. The summed E-state index contributed by atoms with van der Waals surface area (Å²) in [7, 11) is -9.97. The molecule has 0 aromatic heterocycles. The van der Waals surface area contributed by atoms with Crippen molar-refractivity contribution in [2.45, 2.75) is 329 Å². The maximum absolute atomic E-state index is 13.1. The zero-order valence-corrected chi connectivity index (χ0v) is 64.4. The highest BCUT2D eigenvalue weighted by molar-refractivity contribution is 7.47. The van der Waals surface area contributed by atoms with Gasteiger partial charge in [0.25, 0.3) is 0 Å². The van der Waals surface area contributed by atoms with Gasteiger partial charge in [-0.3, -0.25) is 37.3 Å². The predicted octanol–water partition coefficient (Wildman–Crippen LogP) is 22.3. The van der Waals surface area contributed by atoms with Gasteiger partial charge in [0.15, 0.2) is 12.2 Å². The minimum atomic E-state index is -4.99. The molecule has 0 aliphatic rings. The van der Waals surface area contributed by atoms with Crippen molar-refractivity contribution in [2.75, 3.05) is 39.6 Å². The van der Waals surface area contributed by atoms with Gasteiger partial charge in [0.1, 0.15) is 19.3 Å². The Bertz CT molecular complexity index is 2370. The van der Waals surface area contributed by atoms with Gasteiger partial charge in [-0.05, 0) is 148 Å². The van der Waals surface area contributed by atoms with Gasteiger partial charge in [-0.25, -0.2) is 9.13 Å². The van der Waals surface area contributed by atoms with E-state index in [0.29, 0.717) is 25.7 Å². The van der Waals surface area contributed by atoms with Crippen LogP contribution >= 0.6 is 15.6 Å². The van der Waals surface area contributed by atoms with Crippen molar-refractivity contribution in [2.24, 2.45) is 0 Å². The molecule has 0 saturated carbocycles. The molecule has 0 saturated heterocycles. The number of rotatable bonds is 72. The summed E-state index contributed by atoms with van der Waals surface area (Å²) in [6.07, 6.45) is 79.0. The van der Waals surface area contributed by atoms with Gasteiger partial charge >= 0.3 is 39.5 Å². The van der Waals surface area contributed by atoms with Gasteiger partial charge in [-0.15, -0.1) is 0 Å². The lowest BCUT2D eigenvalue weighted by molar-refractivity contribution is -0.161. The van der Waals surface area contributed by atoms with Gasteiger partial charge in [0, 0.05) is 25.7 Å². The van der Waals surface area contributed by atoms with Crippen LogP contribution < -0.4 is 0 Å². The van der Waals surface area contributed by atoms with Crippen LogP contribution in [0.25, 0.3) is 0 Å². The van der Waals surface area contributed by atoms with E-state index in [9.17, 15) is 43.2 Å². The largest absolute Gasteiger partial charge is 0.472 e. The number of hydrogen-bond donors (Lipinski definition) is 3. The Morgan fingerprint density at radius 2 is 0.530 bits per heavy atom. The Morgan fingerprint density at radius 3 is 0.840 bits per heavy atom. The molecule has 17 nitrogen and oxygen atoms in total. The molecule has 574 valence electrons. The Hall–Kier alpha value is -4.54. The quantitative estimate of drug-likeness (QED) is 0.0169. The number of carbonyl (C=O) groups excluding carboxylic acids is 4. The standard InChI is InChI=1S/C81H138O17P2/c1-5-9-13-17-21-25-29-32-35-36-37-38-41-43-47-50-54-58-62-66-79(84)91-71-76(97-80(85)67-63-59-55-51-45-28-24-20-16-12-8-4)73-95-99(87,88)93-69-75(82)70-94-100(89,90)96-74-77(98-81(86)68-64-60-56-52-48-44-40-34-31-27-23-19-15-11-7-3)72-92-78(83)65-61-57-53-49-46-42-39-33-30-26-22-18-14-10-6-2/h10-11,14-15,20-27,32-35,37-40,75-77,82H,5-9,12-13,16-19,28-31,36,41-74H2,1-4H3,(H,87,88)(H,89,90)/b14-10-,15-11-,24-20-,25-21-,26-22-,27-23-,35-32-,38-37-,39-33-,40-34-. The molecule has 0 radical (unpaired) electrons. The van der Waals surface area contributed by atoms with Gasteiger partial charge in [0.2, 0.25) is 0 Å². The molecule has 0 spiro atoms. The van der Waals surface area contributed by atoms with Crippen LogP contribution in [-0.2, 0) is 65.4 Å². The molecule has 0 aliphatic heterocycles. The number of hydrogen-bond acceptors (Lipinski definition) is 15. The average Bonchev–Trinajstić information content (AvgIpc) is 0.966. The highest BCUT2D eigenvalue weighted by atomic mass is 31.2. The lowest BCUT2D eigenvalue weighted by Gasteiger charge is -2.21. The number of aliphatic hydroxyl groups excluding tert-OH is 1. The second-order valence-electron chi connectivity index (χ2n) is 25.5. The molecule has 0 heterocycles. The highest BCUT2D eigenvalue weighted by Crippen LogP contribution is 2.45. The highest BCUT2D eigenvalue weighted by Gasteiger charge is 2.30. The SMILES string of the molecule is CC/C=C\C/C=C\C/C=C\CCCCCCCC(=O)OCC(COP(=O)(O)OCC(O)COP(=O)(O)OCC(COC(=O)CCCCCCCC/C=C\C/C=C\C/C=C\CCCCC)OC(=O)CCCCCCC/C=C\CCCC)OC(=O)CCCCCCC/C=C\C/C=C\C/C=C\CC. The number of allylic oxidation sites excluding steroid dienone is 20. The molecule has 3 N–H and O–H groups in total. The molecule has 0 aliphatic carbocycles. The van der Waals surface area contributed by atoms with Crippen molar-refractivity contribution in [1.82, 2.24) is 0 Å². The number of carbonyl (C=O) groups is 4. The molecule has 0 bridgehead atoms. The van der Waals surface area contributed by atoms with Crippen molar-refractivity contribution in [3.05, 3.63) is 122 Å². The van der Waals surface area contributed by atoms with Crippen LogP contribution in [-0.4, -0.2) is 96.7 Å². The first-order valence-electron chi connectivity index (χ1n) is 38.8. The van der Waals surface area contributed by atoms with Crippen LogP contribution in [0.5, 0.6) is 0 Å². The van der Waals surface area contributed by atoms with E-state index in [1.165, 1.54) is 32.1 Å². The zero-order chi connectivity index (χ0) is 73.2. The number of unbranched alkanes of at least 4 members (excludes halogenated alkanes) is 26. The molecule has 5 unspecified atom stereocenters. The fraction of sp³-hybridized carbons (Fsp3) is 0.704. The fourth-order valence-corrected chi connectivity index (χ4v) is 11.6. The Balaban J connectivity index is 5.35. The van der Waals surface area contributed by atoms with E-state index in [-0.39, 0.29) is 25.7 Å². The van der Waals surface area contributed by atoms with E-state index in [2.05, 4.69) is 149 Å². The average molecular weight is 1450 g/mol. The van der Waals surface area contributed by atoms with Crippen molar-refractivity contribution in [3.63, 3.8) is 0 Å². The van der Waals surface area contributed by atoms with E-state index in [0.717, 1.165) is 199 Å². The summed E-state index contributed by atoms with van der Waals surface area (Å²) in [5, 5.41) is 10.6. The van der Waals surface area contributed by atoms with Crippen molar-refractivity contribution < 1.29 is 80.2 Å². The van der Waals surface area contributed by atoms with Gasteiger partial charge in [-0.1, -0.05) is 258 Å². The second-order valence-corrected chi connectivity index (χ2v) is 28.4. The lowest BCUT2D eigenvalue weighted by atomic mass is 10.1. The topological polar surface area (TPSA) is 237 Å². The molecule has 0 fully saturated rings. The first-order valence-corrected chi connectivity index (χ1v) is 41.8. The van der Waals surface area contributed by atoms with Crippen molar-refractivity contribution in [1.29, 1.82) is 0 Å². The number of phosphoric ester groups is 2. The van der Waals surface area contributed by atoms with Gasteiger partial charge in [-0.2, -0.15) is 0 Å². The van der Waals surface area contributed by atoms with E-state index in [1.54, 1.807) is 0 Å². The first kappa shape index (κ1) is 95.5. The van der Waals surface area contributed by atoms with E-state index in [1.807, 2.05) is 0 Å². The summed E-state index contributed by atoms with van der Waals surface area (Å²) in [4.78, 5) is 72.9. The van der Waals surface area contributed by atoms with Crippen molar-refractivity contribution >= 4 is 39.5 Å². The van der Waals surface area contributed by atoms with Crippen LogP contribution in [0, 0.1) is 0 Å². The second kappa shape index (κ2) is 72.8. The summed E-state index contributed by atoms with van der Waals surface area (Å²) < 4.78 is 68.5. The molecule has 0 rings (SSSR count). The number of phosphoric acid groups is 2. The lowest BCUT2D eigenvalue weighted by Crippen LogP contribution is -2.30.